The number of anilines is 2. The van der Waals surface area contributed by atoms with E-state index in [0.29, 0.717) is 6.54 Å². The van der Waals surface area contributed by atoms with Gasteiger partial charge in [0.1, 0.15) is 5.82 Å². The summed E-state index contributed by atoms with van der Waals surface area (Å²) in [5, 5.41) is 5.67. The SMILES string of the molecule is Cc1cccc(C)c1NC(=O)CN(C)CCC(=O)Nc1ccc(Cl)cc1F. The third-order valence-electron chi connectivity index (χ3n) is 4.08. The minimum absolute atomic E-state index is 0.0832. The number of carbonyl (C=O) groups is 2. The Balaban J connectivity index is 1.80. The average Bonchev–Trinajstić information content (AvgIpc) is 2.59. The van der Waals surface area contributed by atoms with E-state index in [2.05, 4.69) is 10.6 Å². The molecule has 0 fully saturated rings. The first-order valence-electron chi connectivity index (χ1n) is 8.56. The van der Waals surface area contributed by atoms with Crippen LogP contribution in [0.1, 0.15) is 17.5 Å². The van der Waals surface area contributed by atoms with Crippen molar-refractivity contribution in [2.75, 3.05) is 30.8 Å². The molecule has 2 rings (SSSR count). The molecular formula is C20H23ClFN3O2. The predicted molar refractivity (Wildman–Crippen MR) is 107 cm³/mol. The zero-order valence-electron chi connectivity index (χ0n) is 15.6. The molecular weight excluding hydrogens is 369 g/mol. The third-order valence-corrected chi connectivity index (χ3v) is 4.32. The van der Waals surface area contributed by atoms with Gasteiger partial charge in [0, 0.05) is 23.7 Å². The maximum Gasteiger partial charge on any atom is 0.238 e. The fraction of sp³-hybridized carbons (Fsp3) is 0.300. The second kappa shape index (κ2) is 9.48. The molecule has 27 heavy (non-hydrogen) atoms. The number of amides is 2. The lowest BCUT2D eigenvalue weighted by atomic mass is 10.1. The summed E-state index contributed by atoms with van der Waals surface area (Å²) >= 11 is 5.68. The van der Waals surface area contributed by atoms with Crippen LogP contribution in [0, 0.1) is 19.7 Å². The van der Waals surface area contributed by atoms with Crippen LogP contribution in [-0.2, 0) is 9.59 Å². The number of halogens is 2. The van der Waals surface area contributed by atoms with Crippen molar-refractivity contribution in [3.05, 3.63) is 58.4 Å². The van der Waals surface area contributed by atoms with Gasteiger partial charge in [0.05, 0.1) is 12.2 Å². The fourth-order valence-corrected chi connectivity index (χ4v) is 2.77. The molecule has 7 heteroatoms. The Kier molecular flexibility index (Phi) is 7.33. The van der Waals surface area contributed by atoms with Crippen LogP contribution in [0.4, 0.5) is 15.8 Å². The normalized spacial score (nSPS) is 10.7. The van der Waals surface area contributed by atoms with Gasteiger partial charge in [-0.1, -0.05) is 29.8 Å². The van der Waals surface area contributed by atoms with E-state index >= 15 is 0 Å². The van der Waals surface area contributed by atoms with Gasteiger partial charge >= 0.3 is 0 Å². The summed E-state index contributed by atoms with van der Waals surface area (Å²) < 4.78 is 13.7. The van der Waals surface area contributed by atoms with Crippen molar-refractivity contribution < 1.29 is 14.0 Å². The molecule has 0 spiro atoms. The van der Waals surface area contributed by atoms with E-state index in [1.165, 1.54) is 12.1 Å². The molecule has 0 heterocycles. The van der Waals surface area contributed by atoms with E-state index in [1.807, 2.05) is 32.0 Å². The van der Waals surface area contributed by atoms with Crippen molar-refractivity contribution in [3.63, 3.8) is 0 Å². The van der Waals surface area contributed by atoms with Crippen LogP contribution in [0.25, 0.3) is 0 Å². The number of benzene rings is 2. The van der Waals surface area contributed by atoms with Gasteiger partial charge in [0.2, 0.25) is 11.8 Å². The first kappa shape index (κ1) is 20.9. The van der Waals surface area contributed by atoms with Crippen LogP contribution in [0.15, 0.2) is 36.4 Å². The first-order valence-corrected chi connectivity index (χ1v) is 8.93. The van der Waals surface area contributed by atoms with E-state index < -0.39 is 5.82 Å². The number of hydrogen-bond donors (Lipinski definition) is 2. The average molecular weight is 392 g/mol. The van der Waals surface area contributed by atoms with Crippen LogP contribution in [0.5, 0.6) is 0 Å². The Bertz CT molecular complexity index is 822. The van der Waals surface area contributed by atoms with Gasteiger partial charge in [-0.15, -0.1) is 0 Å². The number of carbonyl (C=O) groups excluding carboxylic acids is 2. The first-order chi connectivity index (χ1) is 12.8. The predicted octanol–water partition coefficient (Wildman–Crippen LogP) is 4.00. The number of nitrogens with one attached hydrogen (secondary N) is 2. The number of aryl methyl sites for hydroxylation is 2. The van der Waals surface area contributed by atoms with E-state index in [-0.39, 0.29) is 35.5 Å². The second-order valence-corrected chi connectivity index (χ2v) is 6.91. The summed E-state index contributed by atoms with van der Waals surface area (Å²) in [5.41, 5.74) is 2.89. The highest BCUT2D eigenvalue weighted by Crippen LogP contribution is 2.20. The quantitative estimate of drug-likeness (QED) is 0.750. The van der Waals surface area contributed by atoms with Gasteiger partial charge in [-0.25, -0.2) is 4.39 Å². The van der Waals surface area contributed by atoms with Gasteiger partial charge in [-0.3, -0.25) is 14.5 Å². The highest BCUT2D eigenvalue weighted by atomic mass is 35.5. The molecule has 0 saturated heterocycles. The summed E-state index contributed by atoms with van der Waals surface area (Å²) in [6.07, 6.45) is 0.134. The maximum absolute atomic E-state index is 13.7. The molecule has 2 N–H and O–H groups in total. The number of hydrogen-bond acceptors (Lipinski definition) is 3. The standard InChI is InChI=1S/C20H23ClFN3O2/c1-13-5-4-6-14(2)20(13)24-19(27)12-25(3)10-9-18(26)23-17-8-7-15(21)11-16(17)22/h4-8,11H,9-10,12H2,1-3H3,(H,23,26)(H,24,27). The molecule has 144 valence electrons. The Morgan fingerprint density at radius 3 is 2.37 bits per heavy atom. The fourth-order valence-electron chi connectivity index (χ4n) is 2.61. The molecule has 0 atom stereocenters. The number of likely N-dealkylation sites (N-methyl/N-ethyl adjacent to an activating group) is 1. The van der Waals surface area contributed by atoms with Crippen molar-refractivity contribution in [1.82, 2.24) is 4.90 Å². The van der Waals surface area contributed by atoms with Gasteiger partial charge in [0.15, 0.2) is 0 Å². The van der Waals surface area contributed by atoms with Gasteiger partial charge in [-0.05, 0) is 50.2 Å². The van der Waals surface area contributed by atoms with Crippen molar-refractivity contribution in [3.8, 4) is 0 Å². The summed E-state index contributed by atoms with van der Waals surface area (Å²) in [6, 6.07) is 9.87. The van der Waals surface area contributed by atoms with Crippen molar-refractivity contribution in [1.29, 1.82) is 0 Å². The van der Waals surface area contributed by atoms with Crippen LogP contribution >= 0.6 is 11.6 Å². The summed E-state index contributed by atoms with van der Waals surface area (Å²) in [7, 11) is 1.75. The second-order valence-electron chi connectivity index (χ2n) is 6.48. The summed E-state index contributed by atoms with van der Waals surface area (Å²) in [6.45, 7) is 4.39. The summed E-state index contributed by atoms with van der Waals surface area (Å²) in [4.78, 5) is 25.9. The Hall–Kier alpha value is -2.44. The van der Waals surface area contributed by atoms with E-state index in [0.717, 1.165) is 22.9 Å². The lowest BCUT2D eigenvalue weighted by Crippen LogP contribution is -2.32. The lowest BCUT2D eigenvalue weighted by molar-refractivity contribution is -0.119. The highest BCUT2D eigenvalue weighted by molar-refractivity contribution is 6.30. The van der Waals surface area contributed by atoms with Crippen molar-refractivity contribution >= 4 is 34.8 Å². The molecule has 0 radical (unpaired) electrons. The molecule has 2 aromatic carbocycles. The van der Waals surface area contributed by atoms with Crippen molar-refractivity contribution in [2.45, 2.75) is 20.3 Å². The topological polar surface area (TPSA) is 61.4 Å². The van der Waals surface area contributed by atoms with E-state index in [9.17, 15) is 14.0 Å². The monoisotopic (exact) mass is 391 g/mol. The third kappa shape index (κ3) is 6.34. The molecule has 0 bridgehead atoms. The molecule has 0 aromatic heterocycles. The Labute approximate surface area is 163 Å². The number of rotatable bonds is 7. The number of para-hydroxylation sites is 1. The smallest absolute Gasteiger partial charge is 0.238 e. The van der Waals surface area contributed by atoms with Crippen LogP contribution in [0.2, 0.25) is 5.02 Å². The molecule has 0 saturated carbocycles. The minimum Gasteiger partial charge on any atom is -0.324 e. The van der Waals surface area contributed by atoms with E-state index in [4.69, 9.17) is 11.6 Å². The Morgan fingerprint density at radius 1 is 1.07 bits per heavy atom. The van der Waals surface area contributed by atoms with Crippen LogP contribution in [-0.4, -0.2) is 36.9 Å². The van der Waals surface area contributed by atoms with Gasteiger partial charge in [-0.2, -0.15) is 0 Å². The molecule has 0 aliphatic rings. The van der Waals surface area contributed by atoms with E-state index in [1.54, 1.807) is 11.9 Å². The number of nitrogens with zero attached hydrogens (tertiary/aromatic N) is 1. The molecule has 2 aromatic rings. The largest absolute Gasteiger partial charge is 0.324 e. The van der Waals surface area contributed by atoms with Gasteiger partial charge < -0.3 is 10.6 Å². The van der Waals surface area contributed by atoms with Crippen LogP contribution in [0.3, 0.4) is 0 Å². The lowest BCUT2D eigenvalue weighted by Gasteiger charge is -2.17. The molecule has 0 unspecified atom stereocenters. The zero-order chi connectivity index (χ0) is 20.0. The van der Waals surface area contributed by atoms with Crippen molar-refractivity contribution in [2.24, 2.45) is 0 Å². The summed E-state index contributed by atoms with van der Waals surface area (Å²) in [5.74, 6) is -1.07. The zero-order valence-corrected chi connectivity index (χ0v) is 16.4. The minimum atomic E-state index is -0.586. The van der Waals surface area contributed by atoms with Gasteiger partial charge in [0.25, 0.3) is 0 Å². The maximum atomic E-state index is 13.7. The molecule has 5 nitrogen and oxygen atoms in total. The molecule has 2 amide bonds. The highest BCUT2D eigenvalue weighted by Gasteiger charge is 2.12. The molecule has 0 aliphatic heterocycles. The van der Waals surface area contributed by atoms with Crippen LogP contribution < -0.4 is 10.6 Å². The Morgan fingerprint density at radius 2 is 1.74 bits per heavy atom. The molecule has 0 aliphatic carbocycles.